The van der Waals surface area contributed by atoms with Crippen molar-refractivity contribution in [1.29, 1.82) is 5.41 Å². The lowest BCUT2D eigenvalue weighted by Crippen LogP contribution is -2.30. The van der Waals surface area contributed by atoms with Crippen LogP contribution in [0.25, 0.3) is 0 Å². The number of nitrogens with one attached hydrogen (secondary N) is 1. The first-order chi connectivity index (χ1) is 7.30. The van der Waals surface area contributed by atoms with E-state index in [1.807, 2.05) is 18.2 Å². The average molecular weight is 220 g/mol. The van der Waals surface area contributed by atoms with Gasteiger partial charge in [0, 0.05) is 0 Å². The summed E-state index contributed by atoms with van der Waals surface area (Å²) in [6.07, 6.45) is -0.379. The molecule has 88 valence electrons. The fourth-order valence-corrected chi connectivity index (χ4v) is 1.30. The highest BCUT2D eigenvalue weighted by atomic mass is 16.5. The van der Waals surface area contributed by atoms with Crippen LogP contribution in [-0.2, 0) is 5.41 Å². The average Bonchev–Trinajstić information content (AvgIpc) is 2.16. The molecule has 0 aliphatic rings. The van der Waals surface area contributed by atoms with E-state index in [-0.39, 0.29) is 17.4 Å². The molecule has 0 aromatic heterocycles. The van der Waals surface area contributed by atoms with Crippen molar-refractivity contribution in [1.82, 2.24) is 0 Å². The summed E-state index contributed by atoms with van der Waals surface area (Å²) in [7, 11) is 0. The lowest BCUT2D eigenvalue weighted by Gasteiger charge is -2.20. The van der Waals surface area contributed by atoms with E-state index < -0.39 is 0 Å². The molecule has 1 unspecified atom stereocenters. The number of nitrogens with two attached hydrogens (primary N) is 1. The van der Waals surface area contributed by atoms with Gasteiger partial charge in [-0.2, -0.15) is 0 Å². The lowest BCUT2D eigenvalue weighted by molar-refractivity contribution is 0.284. The first-order valence-corrected chi connectivity index (χ1v) is 5.42. The minimum Gasteiger partial charge on any atom is -0.483 e. The summed E-state index contributed by atoms with van der Waals surface area (Å²) >= 11 is 0. The van der Waals surface area contributed by atoms with Crippen molar-refractivity contribution in [2.75, 3.05) is 0 Å². The van der Waals surface area contributed by atoms with Crippen molar-refractivity contribution in [2.45, 2.75) is 39.2 Å². The van der Waals surface area contributed by atoms with Gasteiger partial charge in [0.05, 0.1) is 0 Å². The second-order valence-corrected chi connectivity index (χ2v) is 4.99. The second-order valence-electron chi connectivity index (χ2n) is 4.99. The third kappa shape index (κ3) is 3.26. The molecule has 1 rings (SSSR count). The predicted octanol–water partition coefficient (Wildman–Crippen LogP) is 2.69. The molecule has 3 N–H and O–H groups in total. The molecule has 0 heterocycles. The summed E-state index contributed by atoms with van der Waals surface area (Å²) in [5.41, 5.74) is 6.67. The molecule has 0 radical (unpaired) electrons. The highest BCUT2D eigenvalue weighted by molar-refractivity contribution is 5.81. The molecule has 0 aliphatic heterocycles. The fraction of sp³-hybridized carbons (Fsp3) is 0.462. The number of amidine groups is 1. The monoisotopic (exact) mass is 220 g/mol. The van der Waals surface area contributed by atoms with Crippen LogP contribution in [0.4, 0.5) is 0 Å². The zero-order valence-electron chi connectivity index (χ0n) is 10.4. The summed E-state index contributed by atoms with van der Waals surface area (Å²) < 4.78 is 5.56. The maximum atomic E-state index is 7.28. The molecule has 16 heavy (non-hydrogen) atoms. The Bertz CT molecular complexity index is 380. The first kappa shape index (κ1) is 12.6. The van der Waals surface area contributed by atoms with Crippen molar-refractivity contribution >= 4 is 5.84 Å². The molecule has 0 saturated heterocycles. The second kappa shape index (κ2) is 4.56. The third-order valence-electron chi connectivity index (χ3n) is 2.45. The van der Waals surface area contributed by atoms with E-state index in [0.29, 0.717) is 0 Å². The van der Waals surface area contributed by atoms with Crippen LogP contribution >= 0.6 is 0 Å². The molecule has 3 nitrogen and oxygen atoms in total. The van der Waals surface area contributed by atoms with Crippen LogP contribution in [0, 0.1) is 5.41 Å². The largest absolute Gasteiger partial charge is 0.483 e. The Balaban J connectivity index is 2.87. The smallest absolute Gasteiger partial charge is 0.152 e. The van der Waals surface area contributed by atoms with Gasteiger partial charge in [-0.3, -0.25) is 5.41 Å². The van der Waals surface area contributed by atoms with Gasteiger partial charge in [-0.15, -0.1) is 0 Å². The topological polar surface area (TPSA) is 59.1 Å². The molecule has 1 aromatic rings. The number of hydrogen-bond donors (Lipinski definition) is 2. The number of rotatable bonds is 3. The number of ether oxygens (including phenoxy) is 1. The van der Waals surface area contributed by atoms with Crippen LogP contribution in [0.3, 0.4) is 0 Å². The Hall–Kier alpha value is -1.51. The van der Waals surface area contributed by atoms with Gasteiger partial charge in [0.15, 0.2) is 6.10 Å². The molecule has 0 saturated carbocycles. The van der Waals surface area contributed by atoms with E-state index in [0.717, 1.165) is 5.75 Å². The van der Waals surface area contributed by atoms with Gasteiger partial charge in [-0.05, 0) is 30.0 Å². The van der Waals surface area contributed by atoms with Crippen LogP contribution in [-0.4, -0.2) is 11.9 Å². The van der Waals surface area contributed by atoms with Crippen LogP contribution in [0.5, 0.6) is 5.75 Å². The Morgan fingerprint density at radius 1 is 1.38 bits per heavy atom. The Morgan fingerprint density at radius 2 is 2.00 bits per heavy atom. The van der Waals surface area contributed by atoms with Crippen molar-refractivity contribution in [3.05, 3.63) is 29.8 Å². The summed E-state index contributed by atoms with van der Waals surface area (Å²) in [6.45, 7) is 8.23. The van der Waals surface area contributed by atoms with Crippen molar-refractivity contribution in [3.8, 4) is 5.75 Å². The first-order valence-electron chi connectivity index (χ1n) is 5.42. The van der Waals surface area contributed by atoms with Crippen molar-refractivity contribution in [3.63, 3.8) is 0 Å². The summed E-state index contributed by atoms with van der Waals surface area (Å²) in [4.78, 5) is 0. The molecular formula is C13H20N2O. The van der Waals surface area contributed by atoms with Gasteiger partial charge in [0.1, 0.15) is 11.6 Å². The Labute approximate surface area is 97.1 Å². The van der Waals surface area contributed by atoms with Gasteiger partial charge < -0.3 is 10.5 Å². The molecule has 1 aromatic carbocycles. The zero-order chi connectivity index (χ0) is 12.3. The zero-order valence-corrected chi connectivity index (χ0v) is 10.4. The molecule has 1 atom stereocenters. The molecule has 0 fully saturated rings. The molecule has 0 aliphatic carbocycles. The maximum absolute atomic E-state index is 7.28. The highest BCUT2D eigenvalue weighted by Gasteiger charge is 2.15. The van der Waals surface area contributed by atoms with Gasteiger partial charge in [-0.1, -0.05) is 32.9 Å². The molecule has 0 bridgehead atoms. The van der Waals surface area contributed by atoms with Crippen LogP contribution in [0.2, 0.25) is 0 Å². The van der Waals surface area contributed by atoms with E-state index in [9.17, 15) is 0 Å². The van der Waals surface area contributed by atoms with E-state index in [1.165, 1.54) is 5.56 Å². The van der Waals surface area contributed by atoms with E-state index in [1.54, 1.807) is 6.92 Å². The molecule has 0 amide bonds. The summed E-state index contributed by atoms with van der Waals surface area (Å²) in [6, 6.07) is 7.92. The summed E-state index contributed by atoms with van der Waals surface area (Å²) in [5.74, 6) is 0.802. The quantitative estimate of drug-likeness (QED) is 0.607. The number of hydrogen-bond acceptors (Lipinski definition) is 2. The predicted molar refractivity (Wildman–Crippen MR) is 67.1 cm³/mol. The SMILES string of the molecule is CC(Oc1cccc(C(C)(C)C)c1)C(=N)N. The summed E-state index contributed by atoms with van der Waals surface area (Å²) in [5, 5.41) is 7.28. The van der Waals surface area contributed by atoms with Crippen molar-refractivity contribution in [2.24, 2.45) is 5.73 Å². The molecular weight excluding hydrogens is 200 g/mol. The van der Waals surface area contributed by atoms with Crippen LogP contribution in [0.15, 0.2) is 24.3 Å². The lowest BCUT2D eigenvalue weighted by atomic mass is 9.87. The Kier molecular flexibility index (Phi) is 3.58. The van der Waals surface area contributed by atoms with E-state index >= 15 is 0 Å². The molecule has 0 spiro atoms. The van der Waals surface area contributed by atoms with Crippen LogP contribution in [0.1, 0.15) is 33.3 Å². The highest BCUT2D eigenvalue weighted by Crippen LogP contribution is 2.25. The minimum atomic E-state index is -0.379. The van der Waals surface area contributed by atoms with E-state index in [2.05, 4.69) is 26.8 Å². The van der Waals surface area contributed by atoms with Gasteiger partial charge in [-0.25, -0.2) is 0 Å². The standard InChI is InChI=1S/C13H20N2O/c1-9(12(14)15)16-11-7-5-6-10(8-11)13(2,3)4/h5-9H,1-4H3,(H3,14,15). The fourth-order valence-electron chi connectivity index (χ4n) is 1.30. The van der Waals surface area contributed by atoms with Crippen LogP contribution < -0.4 is 10.5 Å². The Morgan fingerprint density at radius 3 is 2.50 bits per heavy atom. The van der Waals surface area contributed by atoms with Gasteiger partial charge >= 0.3 is 0 Å². The number of benzene rings is 1. The molecule has 3 heteroatoms. The normalized spacial score (nSPS) is 13.2. The van der Waals surface area contributed by atoms with Gasteiger partial charge in [0.25, 0.3) is 0 Å². The van der Waals surface area contributed by atoms with Crippen molar-refractivity contribution < 1.29 is 4.74 Å². The van der Waals surface area contributed by atoms with E-state index in [4.69, 9.17) is 15.9 Å². The third-order valence-corrected chi connectivity index (χ3v) is 2.45. The van der Waals surface area contributed by atoms with Gasteiger partial charge in [0.2, 0.25) is 0 Å². The minimum absolute atomic E-state index is 0.0427. The maximum Gasteiger partial charge on any atom is 0.152 e.